The minimum absolute atomic E-state index is 0.00148. The zero-order valence-corrected chi connectivity index (χ0v) is 15.1. The molecule has 1 aromatic rings. The molecule has 0 amide bonds. The first-order valence-electron chi connectivity index (χ1n) is 8.15. The molecular formula is C16H26N2O4S. The number of sulfonamides is 1. The molecule has 1 aliphatic carbocycles. The molecule has 1 heterocycles. The Morgan fingerprint density at radius 3 is 2.39 bits per heavy atom. The van der Waals surface area contributed by atoms with Crippen molar-refractivity contribution < 1.29 is 17.9 Å². The van der Waals surface area contributed by atoms with Crippen molar-refractivity contribution in [2.75, 3.05) is 13.7 Å². The molecule has 130 valence electrons. The highest BCUT2D eigenvalue weighted by Crippen LogP contribution is 2.31. The number of ether oxygens (including phenoxy) is 1. The Hall–Kier alpha value is -1.34. The smallest absolute Gasteiger partial charge is 0.341 e. The normalized spacial score (nSPS) is 16.7. The van der Waals surface area contributed by atoms with Crippen LogP contribution in [0.2, 0.25) is 0 Å². The lowest BCUT2D eigenvalue weighted by atomic mass is 9.96. The quantitative estimate of drug-likeness (QED) is 0.835. The fourth-order valence-corrected chi connectivity index (χ4v) is 5.14. The van der Waals surface area contributed by atoms with E-state index in [9.17, 15) is 13.2 Å². The lowest BCUT2D eigenvalue weighted by molar-refractivity contribution is 0.0521. The molecule has 0 aliphatic heterocycles. The first kappa shape index (κ1) is 18.0. The molecule has 1 aromatic heterocycles. The molecule has 2 rings (SSSR count). The molecule has 6 nitrogen and oxygen atoms in total. The van der Waals surface area contributed by atoms with Crippen molar-refractivity contribution in [3.63, 3.8) is 0 Å². The van der Waals surface area contributed by atoms with Crippen molar-refractivity contribution in [1.29, 1.82) is 0 Å². The van der Waals surface area contributed by atoms with Crippen LogP contribution in [0.1, 0.15) is 60.8 Å². The van der Waals surface area contributed by atoms with Gasteiger partial charge in [-0.05, 0) is 33.6 Å². The Labute approximate surface area is 138 Å². The fraction of sp³-hybridized carbons (Fsp3) is 0.688. The van der Waals surface area contributed by atoms with E-state index in [1.807, 2.05) is 0 Å². The number of aryl methyl sites for hydroxylation is 2. The van der Waals surface area contributed by atoms with Gasteiger partial charge in [-0.3, -0.25) is 0 Å². The van der Waals surface area contributed by atoms with Gasteiger partial charge in [0.15, 0.2) is 0 Å². The van der Waals surface area contributed by atoms with E-state index in [0.717, 1.165) is 32.1 Å². The number of carbonyl (C=O) groups is 1. The summed E-state index contributed by atoms with van der Waals surface area (Å²) in [5, 5.41) is 0. The van der Waals surface area contributed by atoms with Crippen molar-refractivity contribution in [3.8, 4) is 0 Å². The highest BCUT2D eigenvalue weighted by atomic mass is 32.2. The largest absolute Gasteiger partial charge is 0.462 e. The van der Waals surface area contributed by atoms with Gasteiger partial charge in [0, 0.05) is 24.5 Å². The number of esters is 1. The zero-order valence-electron chi connectivity index (χ0n) is 14.3. The number of carbonyl (C=O) groups excluding carboxylic acids is 1. The minimum atomic E-state index is -3.74. The third-order valence-electron chi connectivity index (χ3n) is 4.52. The summed E-state index contributed by atoms with van der Waals surface area (Å²) in [5.74, 6) is -0.593. The minimum Gasteiger partial charge on any atom is -0.462 e. The van der Waals surface area contributed by atoms with Crippen LogP contribution in [-0.4, -0.2) is 43.4 Å². The van der Waals surface area contributed by atoms with Crippen LogP contribution in [0.4, 0.5) is 0 Å². The maximum atomic E-state index is 13.1. The van der Waals surface area contributed by atoms with E-state index in [4.69, 9.17) is 4.74 Å². The van der Waals surface area contributed by atoms with Crippen molar-refractivity contribution >= 4 is 16.0 Å². The summed E-state index contributed by atoms with van der Waals surface area (Å²) in [7, 11) is -2.13. The van der Waals surface area contributed by atoms with Crippen molar-refractivity contribution in [2.24, 2.45) is 0 Å². The number of nitrogens with zero attached hydrogens (tertiary/aromatic N) is 1. The van der Waals surface area contributed by atoms with E-state index in [-0.39, 0.29) is 23.1 Å². The SMILES string of the molecule is CCOC(=O)c1c(C)[nH]c(C)c1S(=O)(=O)N(C)C1CCCCC1. The molecule has 0 atom stereocenters. The van der Waals surface area contributed by atoms with Gasteiger partial charge in [0.05, 0.1) is 6.61 Å². The van der Waals surface area contributed by atoms with Crippen LogP contribution < -0.4 is 0 Å². The maximum Gasteiger partial charge on any atom is 0.341 e. The average molecular weight is 342 g/mol. The van der Waals surface area contributed by atoms with Gasteiger partial charge in [-0.25, -0.2) is 13.2 Å². The molecule has 0 radical (unpaired) electrons. The van der Waals surface area contributed by atoms with Crippen LogP contribution >= 0.6 is 0 Å². The third kappa shape index (κ3) is 3.45. The molecule has 1 saturated carbocycles. The molecule has 0 unspecified atom stereocenters. The highest BCUT2D eigenvalue weighted by molar-refractivity contribution is 7.89. The van der Waals surface area contributed by atoms with E-state index >= 15 is 0 Å². The summed E-state index contributed by atoms with van der Waals surface area (Å²) in [6.07, 6.45) is 4.97. The van der Waals surface area contributed by atoms with Gasteiger partial charge in [0.1, 0.15) is 10.5 Å². The molecule has 1 N–H and O–H groups in total. The maximum absolute atomic E-state index is 13.1. The van der Waals surface area contributed by atoms with E-state index in [1.54, 1.807) is 27.8 Å². The van der Waals surface area contributed by atoms with Crippen LogP contribution in [0.25, 0.3) is 0 Å². The molecule has 0 saturated heterocycles. The topological polar surface area (TPSA) is 79.5 Å². The fourth-order valence-electron chi connectivity index (χ4n) is 3.31. The number of hydrogen-bond donors (Lipinski definition) is 1. The molecule has 0 bridgehead atoms. The number of H-pyrrole nitrogens is 1. The summed E-state index contributed by atoms with van der Waals surface area (Å²) in [4.78, 5) is 15.2. The van der Waals surface area contributed by atoms with E-state index in [2.05, 4.69) is 4.98 Å². The summed E-state index contributed by atoms with van der Waals surface area (Å²) < 4.78 is 32.7. The van der Waals surface area contributed by atoms with Gasteiger partial charge in [0.2, 0.25) is 10.0 Å². The lowest BCUT2D eigenvalue weighted by Gasteiger charge is -2.30. The Balaban J connectivity index is 2.44. The molecule has 7 heteroatoms. The number of aromatic amines is 1. The Kier molecular flexibility index (Phi) is 5.52. The molecule has 0 aromatic carbocycles. The third-order valence-corrected chi connectivity index (χ3v) is 6.61. The first-order valence-corrected chi connectivity index (χ1v) is 9.59. The second-order valence-corrected chi connectivity index (χ2v) is 8.05. The van der Waals surface area contributed by atoms with Crippen molar-refractivity contribution in [3.05, 3.63) is 17.0 Å². The number of hydrogen-bond acceptors (Lipinski definition) is 4. The molecule has 23 heavy (non-hydrogen) atoms. The van der Waals surface area contributed by atoms with E-state index < -0.39 is 16.0 Å². The van der Waals surface area contributed by atoms with Gasteiger partial charge in [-0.2, -0.15) is 4.31 Å². The lowest BCUT2D eigenvalue weighted by Crippen LogP contribution is -2.39. The Bertz CT molecular complexity index is 672. The summed E-state index contributed by atoms with van der Waals surface area (Å²) in [5.41, 5.74) is 1.14. The molecule has 1 aliphatic rings. The predicted molar refractivity (Wildman–Crippen MR) is 88.0 cm³/mol. The number of rotatable bonds is 5. The predicted octanol–water partition coefficient (Wildman–Crippen LogP) is 2.76. The van der Waals surface area contributed by atoms with Gasteiger partial charge in [0.25, 0.3) is 0 Å². The molecule has 0 spiro atoms. The van der Waals surface area contributed by atoms with Crippen LogP contribution in [0, 0.1) is 13.8 Å². The number of nitrogens with one attached hydrogen (secondary N) is 1. The summed E-state index contributed by atoms with van der Waals surface area (Å²) in [6.45, 7) is 5.28. The van der Waals surface area contributed by atoms with Gasteiger partial charge >= 0.3 is 5.97 Å². The second kappa shape index (κ2) is 7.05. The zero-order chi connectivity index (χ0) is 17.2. The molecule has 1 fully saturated rings. The van der Waals surface area contributed by atoms with Gasteiger partial charge < -0.3 is 9.72 Å². The summed E-state index contributed by atoms with van der Waals surface area (Å²) in [6, 6.07) is -0.00148. The monoisotopic (exact) mass is 342 g/mol. The Morgan fingerprint density at radius 2 is 1.83 bits per heavy atom. The van der Waals surface area contributed by atoms with Gasteiger partial charge in [-0.15, -0.1) is 0 Å². The summed E-state index contributed by atoms with van der Waals surface area (Å²) >= 11 is 0. The number of aromatic nitrogens is 1. The first-order chi connectivity index (χ1) is 10.8. The van der Waals surface area contributed by atoms with E-state index in [0.29, 0.717) is 11.4 Å². The van der Waals surface area contributed by atoms with Gasteiger partial charge in [-0.1, -0.05) is 19.3 Å². The standard InChI is InChI=1S/C16H26N2O4S/c1-5-22-16(19)14-11(2)17-12(3)15(14)23(20,21)18(4)13-9-7-6-8-10-13/h13,17H,5-10H2,1-4H3. The van der Waals surface area contributed by atoms with Crippen LogP contribution in [0.3, 0.4) is 0 Å². The average Bonchev–Trinajstić information content (AvgIpc) is 2.82. The van der Waals surface area contributed by atoms with Crippen molar-refractivity contribution in [2.45, 2.75) is 63.8 Å². The Morgan fingerprint density at radius 1 is 1.22 bits per heavy atom. The highest BCUT2D eigenvalue weighted by Gasteiger charge is 2.35. The van der Waals surface area contributed by atoms with Crippen molar-refractivity contribution in [1.82, 2.24) is 9.29 Å². The van der Waals surface area contributed by atoms with Crippen LogP contribution in [0.5, 0.6) is 0 Å². The molecular weight excluding hydrogens is 316 g/mol. The van der Waals surface area contributed by atoms with E-state index in [1.165, 1.54) is 4.31 Å². The second-order valence-electron chi connectivity index (χ2n) is 6.11. The van der Waals surface area contributed by atoms with Crippen LogP contribution in [-0.2, 0) is 14.8 Å². The van der Waals surface area contributed by atoms with Crippen LogP contribution in [0.15, 0.2) is 4.90 Å².